The Hall–Kier alpha value is -2.44. The zero-order chi connectivity index (χ0) is 29.8. The SMILES string of the molecule is CC1[C@@](C)(/C=C/C(=O)O)SC(N(COCC[Si](C)(C)C)C(=O)OC(C)(C)C)=N[C@]1(CF)c1cc(N)ccc1F. The van der Waals surface area contributed by atoms with Gasteiger partial charge in [-0.05, 0) is 51.9 Å². The van der Waals surface area contributed by atoms with Crippen molar-refractivity contribution in [2.75, 3.05) is 25.7 Å². The lowest BCUT2D eigenvalue weighted by atomic mass is 9.73. The number of hydrogen-bond donors (Lipinski definition) is 2. The second-order valence-corrected chi connectivity index (χ2v) is 19.2. The van der Waals surface area contributed by atoms with Crippen LogP contribution in [0.15, 0.2) is 35.3 Å². The topological polar surface area (TPSA) is 114 Å². The molecule has 0 aromatic heterocycles. The number of amidine groups is 1. The van der Waals surface area contributed by atoms with Gasteiger partial charge in [0, 0.05) is 42.7 Å². The molecule has 3 atom stereocenters. The molecule has 0 aliphatic carbocycles. The number of halogens is 2. The fourth-order valence-electron chi connectivity index (χ4n) is 4.00. The first-order valence-corrected chi connectivity index (χ1v) is 17.3. The Morgan fingerprint density at radius 1 is 1.31 bits per heavy atom. The molecule has 39 heavy (non-hydrogen) atoms. The first-order chi connectivity index (χ1) is 17.8. The molecule has 1 amide bonds. The molecule has 3 N–H and O–H groups in total. The molecule has 8 nitrogen and oxygen atoms in total. The smallest absolute Gasteiger partial charge is 0.418 e. The number of carboxylic acids is 1. The van der Waals surface area contributed by atoms with E-state index in [1.807, 2.05) is 0 Å². The van der Waals surface area contributed by atoms with Crippen molar-refractivity contribution in [1.82, 2.24) is 4.90 Å². The number of aliphatic imine (C=N–C) groups is 1. The Labute approximate surface area is 235 Å². The molecule has 1 aromatic rings. The minimum Gasteiger partial charge on any atom is -0.478 e. The summed E-state index contributed by atoms with van der Waals surface area (Å²) in [6, 6.07) is 4.67. The van der Waals surface area contributed by atoms with Crippen molar-refractivity contribution in [3.05, 3.63) is 41.7 Å². The standard InChI is InChI=1S/C27H41F2N3O5SSi/c1-18-26(5,12-11-22(33)34)38-23(31-27(18,16-28)20-15-19(30)9-10-21(20)29)32(24(35)37-25(2,3)4)17-36-13-14-39(6,7)8/h9-12,15,18H,13-14,16-17,30H2,1-8H3,(H,33,34)/b12-11+/t18?,26-,27+/m1/s1. The molecular weight excluding hydrogens is 544 g/mol. The Morgan fingerprint density at radius 3 is 2.49 bits per heavy atom. The van der Waals surface area contributed by atoms with Crippen LogP contribution in [0.1, 0.15) is 40.2 Å². The summed E-state index contributed by atoms with van der Waals surface area (Å²) >= 11 is 1.07. The van der Waals surface area contributed by atoms with Gasteiger partial charge in [-0.25, -0.2) is 28.3 Å². The fraction of sp³-hybridized carbons (Fsp3) is 0.593. The van der Waals surface area contributed by atoms with E-state index in [0.29, 0.717) is 6.61 Å². The lowest BCUT2D eigenvalue weighted by Gasteiger charge is -2.48. The van der Waals surface area contributed by atoms with E-state index < -0.39 is 54.4 Å². The van der Waals surface area contributed by atoms with E-state index in [4.69, 9.17) is 15.2 Å². The maximum absolute atomic E-state index is 15.3. The number of benzene rings is 1. The highest BCUT2D eigenvalue weighted by molar-refractivity contribution is 8.15. The average Bonchev–Trinajstić information content (AvgIpc) is 2.79. The Kier molecular flexibility index (Phi) is 10.4. The van der Waals surface area contributed by atoms with Crippen LogP contribution in [-0.4, -0.2) is 65.7 Å². The predicted molar refractivity (Wildman–Crippen MR) is 155 cm³/mol. The van der Waals surface area contributed by atoms with Gasteiger partial charge in [0.05, 0.1) is 0 Å². The number of nitrogens with zero attached hydrogens (tertiary/aromatic N) is 2. The molecular formula is C27H41F2N3O5SSi. The first kappa shape index (κ1) is 32.8. The maximum atomic E-state index is 15.3. The highest BCUT2D eigenvalue weighted by Gasteiger charge is 2.54. The quantitative estimate of drug-likeness (QED) is 0.116. The highest BCUT2D eigenvalue weighted by Crippen LogP contribution is 2.52. The third kappa shape index (κ3) is 8.52. The van der Waals surface area contributed by atoms with Gasteiger partial charge in [0.1, 0.15) is 30.4 Å². The largest absolute Gasteiger partial charge is 0.478 e. The number of aliphatic carboxylic acids is 1. The lowest BCUT2D eigenvalue weighted by molar-refractivity contribution is -0.131. The third-order valence-electron chi connectivity index (χ3n) is 6.46. The molecule has 1 aromatic carbocycles. The zero-order valence-corrected chi connectivity index (χ0v) is 25.8. The van der Waals surface area contributed by atoms with E-state index in [1.54, 1.807) is 34.6 Å². The number of hydrogen-bond acceptors (Lipinski definition) is 7. The van der Waals surface area contributed by atoms with Gasteiger partial charge in [0.2, 0.25) is 0 Å². The molecule has 218 valence electrons. The van der Waals surface area contributed by atoms with E-state index in [1.165, 1.54) is 18.2 Å². The van der Waals surface area contributed by atoms with Gasteiger partial charge in [0.15, 0.2) is 5.17 Å². The van der Waals surface area contributed by atoms with Crippen molar-refractivity contribution >= 4 is 42.8 Å². The molecule has 1 aliphatic heterocycles. The normalized spacial score (nSPS) is 23.9. The van der Waals surface area contributed by atoms with Crippen LogP contribution in [0.25, 0.3) is 0 Å². The van der Waals surface area contributed by atoms with Crippen molar-refractivity contribution in [3.8, 4) is 0 Å². The second kappa shape index (κ2) is 12.4. The van der Waals surface area contributed by atoms with Crippen LogP contribution in [0.4, 0.5) is 19.3 Å². The number of ether oxygens (including phenoxy) is 2. The molecule has 1 unspecified atom stereocenters. The van der Waals surface area contributed by atoms with Crippen molar-refractivity contribution in [2.24, 2.45) is 10.9 Å². The minimum atomic E-state index is -1.82. The number of nitrogens with two attached hydrogens (primary N) is 1. The fourth-order valence-corrected chi connectivity index (χ4v) is 6.11. The second-order valence-electron chi connectivity index (χ2n) is 12.1. The summed E-state index contributed by atoms with van der Waals surface area (Å²) in [5.74, 6) is -2.68. The predicted octanol–water partition coefficient (Wildman–Crippen LogP) is 6.26. The van der Waals surface area contributed by atoms with Gasteiger partial charge >= 0.3 is 12.1 Å². The van der Waals surface area contributed by atoms with Crippen molar-refractivity contribution in [1.29, 1.82) is 0 Å². The number of carbonyl (C=O) groups excluding carboxylic acids is 1. The molecule has 2 rings (SSSR count). The number of carbonyl (C=O) groups is 2. The average molecular weight is 586 g/mol. The van der Waals surface area contributed by atoms with E-state index in [0.717, 1.165) is 34.8 Å². The van der Waals surface area contributed by atoms with Gasteiger partial charge in [-0.15, -0.1) is 0 Å². The molecule has 0 spiro atoms. The number of nitrogen functional groups attached to an aromatic ring is 1. The first-order valence-electron chi connectivity index (χ1n) is 12.7. The van der Waals surface area contributed by atoms with Crippen LogP contribution in [0.3, 0.4) is 0 Å². The van der Waals surface area contributed by atoms with Gasteiger partial charge < -0.3 is 20.3 Å². The summed E-state index contributed by atoms with van der Waals surface area (Å²) in [7, 11) is -1.44. The summed E-state index contributed by atoms with van der Waals surface area (Å²) in [5.41, 5.74) is 3.39. The zero-order valence-electron chi connectivity index (χ0n) is 24.0. The van der Waals surface area contributed by atoms with Crippen molar-refractivity contribution in [3.63, 3.8) is 0 Å². The Morgan fingerprint density at radius 2 is 1.95 bits per heavy atom. The summed E-state index contributed by atoms with van der Waals surface area (Å²) in [6.45, 7) is 14.1. The van der Waals surface area contributed by atoms with Crippen molar-refractivity contribution in [2.45, 2.75) is 76.2 Å². The van der Waals surface area contributed by atoms with E-state index >= 15 is 8.78 Å². The Bertz CT molecular complexity index is 1120. The number of amides is 1. The number of rotatable bonds is 9. The molecule has 0 saturated heterocycles. The monoisotopic (exact) mass is 585 g/mol. The molecule has 1 aliphatic rings. The third-order valence-corrected chi connectivity index (χ3v) is 9.59. The van der Waals surface area contributed by atoms with Crippen LogP contribution in [0.5, 0.6) is 0 Å². The van der Waals surface area contributed by atoms with Gasteiger partial charge in [-0.2, -0.15) is 0 Å². The number of thioether (sulfide) groups is 1. The number of carboxylic acid groups (broad SMARTS) is 1. The molecule has 0 saturated carbocycles. The lowest BCUT2D eigenvalue weighted by Crippen LogP contribution is -2.53. The van der Waals surface area contributed by atoms with Crippen LogP contribution < -0.4 is 5.73 Å². The van der Waals surface area contributed by atoms with Crippen LogP contribution in [0.2, 0.25) is 25.7 Å². The maximum Gasteiger partial charge on any atom is 0.418 e. The van der Waals surface area contributed by atoms with Crippen LogP contribution in [-0.2, 0) is 19.8 Å². The van der Waals surface area contributed by atoms with E-state index in [2.05, 4.69) is 24.6 Å². The number of anilines is 1. The molecule has 0 bridgehead atoms. The summed E-state index contributed by atoms with van der Waals surface area (Å²) < 4.78 is 40.9. The van der Waals surface area contributed by atoms with E-state index in [-0.39, 0.29) is 23.1 Å². The van der Waals surface area contributed by atoms with Crippen LogP contribution in [0, 0.1) is 11.7 Å². The molecule has 0 fully saturated rings. The summed E-state index contributed by atoms with van der Waals surface area (Å²) in [6.07, 6.45) is 1.59. The summed E-state index contributed by atoms with van der Waals surface area (Å²) in [4.78, 5) is 30.7. The van der Waals surface area contributed by atoms with Crippen LogP contribution >= 0.6 is 11.8 Å². The van der Waals surface area contributed by atoms with E-state index in [9.17, 15) is 14.7 Å². The van der Waals surface area contributed by atoms with Crippen molar-refractivity contribution < 1.29 is 33.0 Å². The molecule has 12 heteroatoms. The van der Waals surface area contributed by atoms with Gasteiger partial charge in [-0.3, -0.25) is 0 Å². The van der Waals surface area contributed by atoms with Gasteiger partial charge in [-0.1, -0.05) is 44.4 Å². The number of alkyl halides is 1. The molecule has 1 heterocycles. The van der Waals surface area contributed by atoms with Gasteiger partial charge in [0.25, 0.3) is 0 Å². The Balaban J connectivity index is 2.73. The highest BCUT2D eigenvalue weighted by atomic mass is 32.2. The summed E-state index contributed by atoms with van der Waals surface area (Å²) in [5, 5.41) is 9.37. The minimum absolute atomic E-state index is 0.0207. The molecule has 0 radical (unpaired) electrons.